The van der Waals surface area contributed by atoms with Gasteiger partial charge in [0.25, 0.3) is 0 Å². The summed E-state index contributed by atoms with van der Waals surface area (Å²) >= 11 is 5.31. The number of alkyl halides is 1. The van der Waals surface area contributed by atoms with Crippen LogP contribution in [0.2, 0.25) is 0 Å². The molecule has 1 N–H and O–H groups in total. The molecule has 0 fully saturated rings. The lowest BCUT2D eigenvalue weighted by Crippen LogP contribution is -2.00. The third-order valence-electron chi connectivity index (χ3n) is 1.55. The first kappa shape index (κ1) is 9.80. The van der Waals surface area contributed by atoms with E-state index in [1.54, 1.807) is 0 Å². The molecule has 0 unspecified atom stereocenters. The van der Waals surface area contributed by atoms with Gasteiger partial charge in [0.2, 0.25) is 5.76 Å². The third-order valence-corrected chi connectivity index (χ3v) is 1.79. The average molecular weight is 203 g/mol. The SMILES string of the molecule is Cc1oc(C(=O)O)cc1C(=O)CCl. The summed E-state index contributed by atoms with van der Waals surface area (Å²) in [5.41, 5.74) is 0.229. The third kappa shape index (κ3) is 1.89. The molecular weight excluding hydrogens is 196 g/mol. The molecule has 1 rings (SSSR count). The van der Waals surface area contributed by atoms with Crippen molar-refractivity contribution in [3.8, 4) is 0 Å². The van der Waals surface area contributed by atoms with E-state index in [1.807, 2.05) is 0 Å². The minimum atomic E-state index is -1.20. The van der Waals surface area contributed by atoms with Crippen molar-refractivity contribution < 1.29 is 19.1 Å². The van der Waals surface area contributed by atoms with E-state index < -0.39 is 5.97 Å². The zero-order valence-electron chi connectivity index (χ0n) is 6.83. The van der Waals surface area contributed by atoms with Crippen molar-refractivity contribution in [2.75, 3.05) is 5.88 Å². The van der Waals surface area contributed by atoms with Crippen molar-refractivity contribution >= 4 is 23.4 Å². The molecule has 5 heteroatoms. The highest BCUT2D eigenvalue weighted by Gasteiger charge is 2.17. The molecule has 0 aliphatic carbocycles. The standard InChI is InChI=1S/C8H7ClO4/c1-4-5(6(10)3-9)2-7(13-4)8(11)12/h2H,3H2,1H3,(H,11,12). The molecule has 0 aromatic carbocycles. The fraction of sp³-hybridized carbons (Fsp3) is 0.250. The average Bonchev–Trinajstić information content (AvgIpc) is 2.46. The lowest BCUT2D eigenvalue weighted by atomic mass is 10.2. The van der Waals surface area contributed by atoms with E-state index >= 15 is 0 Å². The number of Topliss-reactive ketones (excluding diaryl/α,β-unsaturated/α-hetero) is 1. The number of aryl methyl sites for hydroxylation is 1. The molecule has 0 amide bonds. The van der Waals surface area contributed by atoms with Crippen molar-refractivity contribution in [3.05, 3.63) is 23.2 Å². The summed E-state index contributed by atoms with van der Waals surface area (Å²) in [6, 6.07) is 1.18. The second-order valence-electron chi connectivity index (χ2n) is 2.44. The summed E-state index contributed by atoms with van der Waals surface area (Å²) in [5.74, 6) is -1.68. The molecule has 1 aromatic heterocycles. The van der Waals surface area contributed by atoms with Crippen LogP contribution in [0.15, 0.2) is 10.5 Å². The Hall–Kier alpha value is -1.29. The number of carboxylic acid groups (broad SMARTS) is 1. The number of hydrogen-bond acceptors (Lipinski definition) is 3. The Bertz CT molecular complexity index is 353. The second kappa shape index (κ2) is 3.62. The number of furan rings is 1. The van der Waals surface area contributed by atoms with Crippen molar-refractivity contribution in [1.29, 1.82) is 0 Å². The first-order valence-electron chi connectivity index (χ1n) is 3.49. The van der Waals surface area contributed by atoms with E-state index in [0.717, 1.165) is 0 Å². The van der Waals surface area contributed by atoms with E-state index in [1.165, 1.54) is 13.0 Å². The Morgan fingerprint density at radius 1 is 1.62 bits per heavy atom. The van der Waals surface area contributed by atoms with Crippen LogP contribution in [0.5, 0.6) is 0 Å². The molecule has 1 heterocycles. The van der Waals surface area contributed by atoms with E-state index in [0.29, 0.717) is 0 Å². The van der Waals surface area contributed by atoms with Gasteiger partial charge in [0.15, 0.2) is 5.78 Å². The lowest BCUT2D eigenvalue weighted by Gasteiger charge is -1.89. The van der Waals surface area contributed by atoms with Gasteiger partial charge in [-0.05, 0) is 6.92 Å². The Morgan fingerprint density at radius 2 is 2.23 bits per heavy atom. The maximum absolute atomic E-state index is 11.1. The van der Waals surface area contributed by atoms with Gasteiger partial charge in [-0.3, -0.25) is 4.79 Å². The Labute approximate surface area is 79.1 Å². The minimum absolute atomic E-state index is 0.181. The second-order valence-corrected chi connectivity index (χ2v) is 2.71. The highest BCUT2D eigenvalue weighted by Crippen LogP contribution is 2.15. The van der Waals surface area contributed by atoms with E-state index in [9.17, 15) is 9.59 Å². The van der Waals surface area contributed by atoms with Gasteiger partial charge in [0.05, 0.1) is 11.4 Å². The topological polar surface area (TPSA) is 67.5 Å². The number of aromatic carboxylic acids is 1. The molecule has 70 valence electrons. The molecule has 0 spiro atoms. The largest absolute Gasteiger partial charge is 0.475 e. The normalized spacial score (nSPS) is 10.0. The first-order valence-corrected chi connectivity index (χ1v) is 4.02. The van der Waals surface area contributed by atoms with Gasteiger partial charge in [-0.2, -0.15) is 0 Å². The number of hydrogen-bond donors (Lipinski definition) is 1. The summed E-state index contributed by atoms with van der Waals surface area (Å²) in [6.45, 7) is 1.52. The van der Waals surface area contributed by atoms with Crippen LogP contribution in [0.4, 0.5) is 0 Å². The molecule has 0 radical (unpaired) electrons. The van der Waals surface area contributed by atoms with Gasteiger partial charge in [-0.25, -0.2) is 4.79 Å². The summed E-state index contributed by atoms with van der Waals surface area (Å²) in [5, 5.41) is 8.54. The predicted molar refractivity (Wildman–Crippen MR) is 45.5 cm³/mol. The van der Waals surface area contributed by atoms with Gasteiger partial charge in [-0.15, -0.1) is 11.6 Å². The van der Waals surface area contributed by atoms with Gasteiger partial charge in [-0.1, -0.05) is 0 Å². The summed E-state index contributed by atoms with van der Waals surface area (Å²) in [7, 11) is 0. The summed E-state index contributed by atoms with van der Waals surface area (Å²) in [6.07, 6.45) is 0. The fourth-order valence-corrected chi connectivity index (χ4v) is 1.08. The number of ketones is 1. The van der Waals surface area contributed by atoms with Gasteiger partial charge >= 0.3 is 5.97 Å². The number of carbonyl (C=O) groups excluding carboxylic acids is 1. The van der Waals surface area contributed by atoms with Crippen molar-refractivity contribution in [1.82, 2.24) is 0 Å². The number of carbonyl (C=O) groups is 2. The first-order chi connectivity index (χ1) is 6.06. The Kier molecular flexibility index (Phi) is 2.72. The molecule has 4 nitrogen and oxygen atoms in total. The van der Waals surface area contributed by atoms with Gasteiger partial charge in [0, 0.05) is 6.07 Å². The maximum atomic E-state index is 11.1. The summed E-state index contributed by atoms with van der Waals surface area (Å²) < 4.78 is 4.82. The van der Waals surface area contributed by atoms with Crippen LogP contribution in [-0.2, 0) is 0 Å². The molecule has 0 aliphatic rings. The van der Waals surface area contributed by atoms with E-state index in [2.05, 4.69) is 0 Å². The molecular formula is C8H7ClO4. The fourth-order valence-electron chi connectivity index (χ4n) is 0.936. The van der Waals surface area contributed by atoms with Crippen LogP contribution < -0.4 is 0 Å². The minimum Gasteiger partial charge on any atom is -0.475 e. The smallest absolute Gasteiger partial charge is 0.371 e. The van der Waals surface area contributed by atoms with E-state index in [-0.39, 0.29) is 28.7 Å². The van der Waals surface area contributed by atoms with Crippen molar-refractivity contribution in [2.24, 2.45) is 0 Å². The van der Waals surface area contributed by atoms with Crippen molar-refractivity contribution in [3.63, 3.8) is 0 Å². The zero-order valence-corrected chi connectivity index (χ0v) is 7.59. The van der Waals surface area contributed by atoms with E-state index in [4.69, 9.17) is 21.1 Å². The lowest BCUT2D eigenvalue weighted by molar-refractivity contribution is 0.0660. The quantitative estimate of drug-likeness (QED) is 0.599. The van der Waals surface area contributed by atoms with Crippen LogP contribution in [-0.4, -0.2) is 22.7 Å². The van der Waals surface area contributed by atoms with Gasteiger partial charge in [0.1, 0.15) is 5.76 Å². The molecule has 0 saturated heterocycles. The maximum Gasteiger partial charge on any atom is 0.371 e. The van der Waals surface area contributed by atoms with Crippen LogP contribution >= 0.6 is 11.6 Å². The number of halogens is 1. The summed E-state index contributed by atoms with van der Waals surface area (Å²) in [4.78, 5) is 21.5. The van der Waals surface area contributed by atoms with Crippen LogP contribution in [0, 0.1) is 6.92 Å². The van der Waals surface area contributed by atoms with Crippen LogP contribution in [0.3, 0.4) is 0 Å². The molecule has 0 atom stereocenters. The zero-order chi connectivity index (χ0) is 10.0. The molecule has 0 saturated carbocycles. The Balaban J connectivity index is 3.10. The van der Waals surface area contributed by atoms with Crippen LogP contribution in [0.1, 0.15) is 26.7 Å². The highest BCUT2D eigenvalue weighted by atomic mass is 35.5. The van der Waals surface area contributed by atoms with Crippen LogP contribution in [0.25, 0.3) is 0 Å². The molecule has 13 heavy (non-hydrogen) atoms. The monoisotopic (exact) mass is 202 g/mol. The Morgan fingerprint density at radius 3 is 2.62 bits per heavy atom. The number of rotatable bonds is 3. The van der Waals surface area contributed by atoms with Gasteiger partial charge < -0.3 is 9.52 Å². The molecule has 0 bridgehead atoms. The highest BCUT2D eigenvalue weighted by molar-refractivity contribution is 6.30. The predicted octanol–water partition coefficient (Wildman–Crippen LogP) is 1.71. The van der Waals surface area contributed by atoms with Crippen molar-refractivity contribution in [2.45, 2.75) is 6.92 Å². The number of carboxylic acids is 1. The molecule has 0 aliphatic heterocycles. The molecule has 1 aromatic rings.